The molecule has 1 fully saturated rings. The second-order valence-electron chi connectivity index (χ2n) is 6.13. The number of piperidine rings is 1. The second-order valence-corrected chi connectivity index (χ2v) is 6.13. The lowest BCUT2D eigenvalue weighted by atomic mass is 10.1. The molecule has 0 aliphatic carbocycles. The number of rotatable bonds is 5. The van der Waals surface area contributed by atoms with Crippen LogP contribution in [0.3, 0.4) is 0 Å². The van der Waals surface area contributed by atoms with E-state index in [1.807, 2.05) is 4.90 Å². The minimum absolute atomic E-state index is 0.0778. The highest BCUT2D eigenvalue weighted by molar-refractivity contribution is 5.75. The number of fused-ring (bicyclic) bond motifs is 1. The Kier molecular flexibility index (Phi) is 5.21. The van der Waals surface area contributed by atoms with Crippen molar-refractivity contribution in [1.29, 1.82) is 0 Å². The van der Waals surface area contributed by atoms with Gasteiger partial charge >= 0.3 is 11.8 Å². The summed E-state index contributed by atoms with van der Waals surface area (Å²) in [5.41, 5.74) is 0.580. The van der Waals surface area contributed by atoms with Crippen LogP contribution < -0.4 is 11.1 Å². The summed E-state index contributed by atoms with van der Waals surface area (Å²) in [7, 11) is 0. The number of hydrogen-bond acceptors (Lipinski definition) is 7. The van der Waals surface area contributed by atoms with Crippen LogP contribution in [0.4, 0.5) is 10.5 Å². The Balaban J connectivity index is 1.76. The molecule has 140 valence electrons. The number of nitrogens with one attached hydrogen (secondary N) is 1. The van der Waals surface area contributed by atoms with Gasteiger partial charge in [0, 0.05) is 24.7 Å². The molecule has 1 N–H and O–H groups in total. The van der Waals surface area contributed by atoms with Crippen molar-refractivity contribution in [2.45, 2.75) is 32.5 Å². The summed E-state index contributed by atoms with van der Waals surface area (Å²) in [5, 5.41) is 13.8. The van der Waals surface area contributed by atoms with Crippen molar-refractivity contribution in [2.75, 3.05) is 19.7 Å². The van der Waals surface area contributed by atoms with Crippen molar-refractivity contribution < 1.29 is 18.9 Å². The van der Waals surface area contributed by atoms with E-state index in [2.05, 4.69) is 5.32 Å². The maximum atomic E-state index is 12.1. The molecule has 10 heteroatoms. The molecule has 10 nitrogen and oxygen atoms in total. The first kappa shape index (κ1) is 17.9. The first-order valence-electron chi connectivity index (χ1n) is 8.41. The van der Waals surface area contributed by atoms with E-state index in [0.29, 0.717) is 24.3 Å². The van der Waals surface area contributed by atoms with Gasteiger partial charge in [-0.15, -0.1) is 0 Å². The molecule has 1 aliphatic heterocycles. The van der Waals surface area contributed by atoms with Gasteiger partial charge in [-0.3, -0.25) is 19.6 Å². The third-order valence-electron chi connectivity index (χ3n) is 4.31. The Labute approximate surface area is 148 Å². The van der Waals surface area contributed by atoms with Crippen LogP contribution in [0.5, 0.6) is 0 Å². The number of amides is 1. The number of nitrogens with zero attached hydrogens (tertiary/aromatic N) is 3. The first-order valence-corrected chi connectivity index (χ1v) is 8.41. The summed E-state index contributed by atoms with van der Waals surface area (Å²) in [6.07, 6.45) is 1.21. The molecule has 0 bridgehead atoms. The number of hydrogen-bond donors (Lipinski definition) is 1. The van der Waals surface area contributed by atoms with Crippen LogP contribution in [-0.2, 0) is 11.4 Å². The Hall–Kier alpha value is -2.88. The van der Waals surface area contributed by atoms with Crippen molar-refractivity contribution in [3.63, 3.8) is 0 Å². The van der Waals surface area contributed by atoms with Gasteiger partial charge in [-0.1, -0.05) is 0 Å². The molecule has 2 heterocycles. The fourth-order valence-corrected chi connectivity index (χ4v) is 3.14. The summed E-state index contributed by atoms with van der Waals surface area (Å²) in [6, 6.07) is 3.98. The molecule has 1 aromatic heterocycles. The number of carbonyl (C=O) groups excluding carboxylic acids is 1. The van der Waals surface area contributed by atoms with Gasteiger partial charge in [0.05, 0.1) is 23.7 Å². The van der Waals surface area contributed by atoms with E-state index in [1.54, 1.807) is 6.92 Å². The zero-order chi connectivity index (χ0) is 18.7. The van der Waals surface area contributed by atoms with Gasteiger partial charge in [0.1, 0.15) is 0 Å². The third kappa shape index (κ3) is 3.85. The topological polar surface area (TPSA) is 120 Å². The van der Waals surface area contributed by atoms with Crippen LogP contribution in [-0.4, -0.2) is 46.2 Å². The number of carbonyl (C=O) groups is 1. The number of benzene rings is 1. The fourth-order valence-electron chi connectivity index (χ4n) is 3.14. The molecular formula is C16H20N4O6. The van der Waals surface area contributed by atoms with E-state index in [-0.39, 0.29) is 18.4 Å². The summed E-state index contributed by atoms with van der Waals surface area (Å²) in [4.78, 5) is 36.2. The summed E-state index contributed by atoms with van der Waals surface area (Å²) < 4.78 is 11.4. The average molecular weight is 364 g/mol. The SMILES string of the molecule is CCOC(=O)N[C@H]1CCCN(Cn2c(=O)oc3ccc([N+](=O)[O-])cc32)C1. The molecule has 0 spiro atoms. The van der Waals surface area contributed by atoms with Gasteiger partial charge in [-0.2, -0.15) is 0 Å². The van der Waals surface area contributed by atoms with Gasteiger partial charge in [0.2, 0.25) is 0 Å². The lowest BCUT2D eigenvalue weighted by Gasteiger charge is -2.32. The van der Waals surface area contributed by atoms with E-state index in [0.717, 1.165) is 19.4 Å². The molecule has 0 radical (unpaired) electrons. The average Bonchev–Trinajstić information content (AvgIpc) is 2.90. The largest absolute Gasteiger partial charge is 0.450 e. The molecule has 1 saturated heterocycles. The van der Waals surface area contributed by atoms with Crippen molar-refractivity contribution in [2.24, 2.45) is 0 Å². The van der Waals surface area contributed by atoms with Crippen LogP contribution in [0.2, 0.25) is 0 Å². The number of nitro groups is 1. The van der Waals surface area contributed by atoms with Crippen LogP contribution >= 0.6 is 0 Å². The van der Waals surface area contributed by atoms with E-state index in [1.165, 1.54) is 22.8 Å². The van der Waals surface area contributed by atoms with E-state index in [4.69, 9.17) is 9.15 Å². The minimum Gasteiger partial charge on any atom is -0.450 e. The van der Waals surface area contributed by atoms with Crippen molar-refractivity contribution in [3.05, 3.63) is 38.9 Å². The van der Waals surface area contributed by atoms with Crippen LogP contribution in [0.25, 0.3) is 11.1 Å². The smallest absolute Gasteiger partial charge is 0.421 e. The molecule has 26 heavy (non-hydrogen) atoms. The first-order chi connectivity index (χ1) is 12.5. The summed E-state index contributed by atoms with van der Waals surface area (Å²) in [5.74, 6) is -0.569. The minimum atomic E-state index is -0.569. The fraction of sp³-hybridized carbons (Fsp3) is 0.500. The normalized spacial score (nSPS) is 18.0. The lowest BCUT2D eigenvalue weighted by molar-refractivity contribution is -0.384. The summed E-state index contributed by atoms with van der Waals surface area (Å²) in [6.45, 7) is 3.57. The number of ether oxygens (including phenoxy) is 1. The number of non-ortho nitro benzene ring substituents is 1. The van der Waals surface area contributed by atoms with Gasteiger partial charge in [-0.25, -0.2) is 9.59 Å². The molecule has 3 rings (SSSR count). The molecule has 0 unspecified atom stereocenters. The van der Waals surface area contributed by atoms with Crippen LogP contribution in [0.15, 0.2) is 27.4 Å². The molecule has 1 aliphatic rings. The molecule has 1 amide bonds. The highest BCUT2D eigenvalue weighted by atomic mass is 16.6. The van der Waals surface area contributed by atoms with E-state index < -0.39 is 16.8 Å². The monoisotopic (exact) mass is 364 g/mol. The molecule has 1 aromatic carbocycles. The predicted molar refractivity (Wildman–Crippen MR) is 91.9 cm³/mol. The van der Waals surface area contributed by atoms with E-state index >= 15 is 0 Å². The maximum Gasteiger partial charge on any atom is 0.421 e. The third-order valence-corrected chi connectivity index (χ3v) is 4.31. The second kappa shape index (κ2) is 7.56. The quantitative estimate of drug-likeness (QED) is 0.633. The Bertz CT molecular complexity index is 873. The van der Waals surface area contributed by atoms with Gasteiger partial charge in [-0.05, 0) is 32.4 Å². The standard InChI is InChI=1S/C16H20N4O6/c1-2-25-15(21)17-11-4-3-7-18(9-11)10-19-13-8-12(20(23)24)5-6-14(13)26-16(19)22/h5-6,8,11H,2-4,7,9-10H2,1H3,(H,17,21)/t11-/m0/s1. The number of aromatic nitrogens is 1. The summed E-state index contributed by atoms with van der Waals surface area (Å²) >= 11 is 0. The lowest BCUT2D eigenvalue weighted by Crippen LogP contribution is -2.48. The number of oxazole rings is 1. The Morgan fingerprint density at radius 2 is 2.31 bits per heavy atom. The van der Waals surface area contributed by atoms with Gasteiger partial charge in [0.25, 0.3) is 5.69 Å². The predicted octanol–water partition coefficient (Wildman–Crippen LogP) is 1.67. The van der Waals surface area contributed by atoms with Gasteiger partial charge in [0.15, 0.2) is 5.58 Å². The highest BCUT2D eigenvalue weighted by Crippen LogP contribution is 2.21. The van der Waals surface area contributed by atoms with Crippen molar-refractivity contribution in [1.82, 2.24) is 14.8 Å². The Morgan fingerprint density at radius 1 is 1.50 bits per heavy atom. The van der Waals surface area contributed by atoms with E-state index in [9.17, 15) is 19.7 Å². The molecule has 2 aromatic rings. The molecular weight excluding hydrogens is 344 g/mol. The van der Waals surface area contributed by atoms with Crippen LogP contribution in [0, 0.1) is 10.1 Å². The zero-order valence-corrected chi connectivity index (χ0v) is 14.3. The zero-order valence-electron chi connectivity index (χ0n) is 14.3. The van der Waals surface area contributed by atoms with Crippen LogP contribution in [0.1, 0.15) is 19.8 Å². The van der Waals surface area contributed by atoms with Gasteiger partial charge < -0.3 is 14.5 Å². The Morgan fingerprint density at radius 3 is 3.04 bits per heavy atom. The molecule has 0 saturated carbocycles. The number of alkyl carbamates (subject to hydrolysis) is 1. The van der Waals surface area contributed by atoms with Crippen molar-refractivity contribution >= 4 is 22.9 Å². The molecule has 1 atom stereocenters. The number of nitro benzene ring substituents is 1. The van der Waals surface area contributed by atoms with Crippen molar-refractivity contribution in [3.8, 4) is 0 Å². The highest BCUT2D eigenvalue weighted by Gasteiger charge is 2.23. The maximum absolute atomic E-state index is 12.1. The number of likely N-dealkylation sites (tertiary alicyclic amines) is 1.